The van der Waals surface area contributed by atoms with Gasteiger partial charge in [0.1, 0.15) is 5.70 Å². The molecule has 0 N–H and O–H groups in total. The summed E-state index contributed by atoms with van der Waals surface area (Å²) in [6, 6.07) is 12.5. The van der Waals surface area contributed by atoms with Gasteiger partial charge in [0.15, 0.2) is 18.2 Å². The van der Waals surface area contributed by atoms with E-state index in [4.69, 9.17) is 0 Å². The highest BCUT2D eigenvalue weighted by molar-refractivity contribution is 8.14. The lowest BCUT2D eigenvalue weighted by Crippen LogP contribution is -2.38. The number of hydrogen-bond donors (Lipinski definition) is 0. The molecule has 0 spiro atoms. The molecule has 0 aliphatic carbocycles. The molecule has 0 unspecified atom stereocenters. The first-order chi connectivity index (χ1) is 14.5. The van der Waals surface area contributed by atoms with Crippen molar-refractivity contribution in [3.63, 3.8) is 0 Å². The van der Waals surface area contributed by atoms with Gasteiger partial charge in [-0.1, -0.05) is 34.6 Å². The minimum atomic E-state index is -0.800. The highest BCUT2D eigenvalue weighted by Crippen LogP contribution is 2.29. The third kappa shape index (κ3) is 3.85. The number of pyridine rings is 1. The van der Waals surface area contributed by atoms with E-state index in [0.717, 1.165) is 22.0 Å². The highest BCUT2D eigenvalue weighted by atomic mass is 32.2. The quantitative estimate of drug-likeness (QED) is 0.347. The zero-order valence-electron chi connectivity index (χ0n) is 15.8. The van der Waals surface area contributed by atoms with E-state index in [1.807, 2.05) is 18.2 Å². The Morgan fingerprint density at radius 2 is 1.97 bits per heavy atom. The molecule has 0 atom stereocenters. The largest absolute Gasteiger partial charge is 0.539 e. The fourth-order valence-electron chi connectivity index (χ4n) is 2.82. The molecule has 10 heteroatoms. The zero-order chi connectivity index (χ0) is 21.1. The molecule has 3 heterocycles. The van der Waals surface area contributed by atoms with Crippen LogP contribution >= 0.6 is 11.8 Å². The summed E-state index contributed by atoms with van der Waals surface area (Å²) in [6.07, 6.45) is 4.90. The van der Waals surface area contributed by atoms with Crippen molar-refractivity contribution in [2.24, 2.45) is 12.0 Å². The van der Waals surface area contributed by atoms with Crippen LogP contribution in [0.15, 0.2) is 70.1 Å². The second-order valence-electron chi connectivity index (χ2n) is 6.23. The van der Waals surface area contributed by atoms with Crippen molar-refractivity contribution in [2.45, 2.75) is 0 Å². The van der Waals surface area contributed by atoms with Crippen molar-refractivity contribution in [3.8, 4) is 5.95 Å². The maximum absolute atomic E-state index is 13.1. The number of benzene rings is 1. The monoisotopic (exact) mass is 421 g/mol. The van der Waals surface area contributed by atoms with E-state index in [1.165, 1.54) is 11.9 Å². The van der Waals surface area contributed by atoms with E-state index in [-0.39, 0.29) is 23.1 Å². The summed E-state index contributed by atoms with van der Waals surface area (Å²) in [5.74, 6) is -1.69. The number of amidine groups is 1. The Hall–Kier alpha value is -3.79. The summed E-state index contributed by atoms with van der Waals surface area (Å²) < 4.78 is 5.59. The van der Waals surface area contributed by atoms with E-state index in [9.17, 15) is 14.7 Å². The molecule has 3 aromatic rings. The summed E-state index contributed by atoms with van der Waals surface area (Å²) in [5.41, 5.74) is 1.48. The number of carbonyl (C=O) groups is 2. The fourth-order valence-corrected chi connectivity index (χ4v) is 3.70. The number of anilines is 1. The summed E-state index contributed by atoms with van der Waals surface area (Å²) in [5, 5.41) is 15.5. The highest BCUT2D eigenvalue weighted by Gasteiger charge is 2.33. The van der Waals surface area contributed by atoms with Crippen LogP contribution in [0.1, 0.15) is 16.1 Å². The van der Waals surface area contributed by atoms with Crippen molar-refractivity contribution in [1.82, 2.24) is 10.3 Å². The summed E-state index contributed by atoms with van der Waals surface area (Å²) in [7, 11) is 1.45. The Morgan fingerprint density at radius 1 is 1.23 bits per heavy atom. The molecule has 1 aromatic carbocycles. The third-order valence-electron chi connectivity index (χ3n) is 4.21. The van der Waals surface area contributed by atoms with E-state index >= 15 is 0 Å². The first kappa shape index (κ1) is 19.5. The molecule has 1 amide bonds. The van der Waals surface area contributed by atoms with Crippen LogP contribution in [0.4, 0.5) is 5.69 Å². The van der Waals surface area contributed by atoms with Crippen molar-refractivity contribution in [3.05, 3.63) is 71.8 Å². The molecule has 2 aromatic heterocycles. The molecule has 0 fully saturated rings. The maximum Gasteiger partial charge on any atom is 0.300 e. The van der Waals surface area contributed by atoms with E-state index < -0.39 is 11.7 Å². The lowest BCUT2D eigenvalue weighted by atomic mass is 10.2. The predicted octanol–water partition coefficient (Wildman–Crippen LogP) is 1.33. The van der Waals surface area contributed by atoms with E-state index in [0.29, 0.717) is 10.9 Å². The molecule has 30 heavy (non-hydrogen) atoms. The molecule has 0 saturated heterocycles. The fraction of sp³-hybridized carbons (Fsp3) is 0.100. The average molecular weight is 421 g/mol. The molecule has 1 aliphatic rings. The van der Waals surface area contributed by atoms with Crippen molar-refractivity contribution in [1.29, 1.82) is 0 Å². The number of nitrogens with zero attached hydrogens (tertiary/aromatic N) is 5. The number of thioether (sulfide) groups is 1. The maximum atomic E-state index is 13.1. The number of hydrogen-bond acceptors (Lipinski definition) is 8. The van der Waals surface area contributed by atoms with Crippen molar-refractivity contribution < 1.29 is 23.9 Å². The van der Waals surface area contributed by atoms with Crippen LogP contribution in [-0.4, -0.2) is 32.9 Å². The van der Waals surface area contributed by atoms with Gasteiger partial charge < -0.3 is 9.63 Å². The van der Waals surface area contributed by atoms with Crippen LogP contribution < -0.4 is 14.7 Å². The number of Topliss-reactive ketones (excluding diaryl/α,β-unsaturated/α-hetero) is 1. The Morgan fingerprint density at radius 3 is 2.63 bits per heavy atom. The molecular weight excluding hydrogens is 406 g/mol. The minimum Gasteiger partial charge on any atom is -0.539 e. The number of rotatable bonds is 5. The Balaban J connectivity index is 1.63. The van der Waals surface area contributed by atoms with Crippen LogP contribution in [0.5, 0.6) is 5.95 Å². The zero-order valence-corrected chi connectivity index (χ0v) is 16.6. The van der Waals surface area contributed by atoms with Crippen LogP contribution in [-0.2, 0) is 11.8 Å². The van der Waals surface area contributed by atoms with Gasteiger partial charge in [-0.3, -0.25) is 19.5 Å². The van der Waals surface area contributed by atoms with Crippen molar-refractivity contribution >= 4 is 40.4 Å². The molecule has 1 aliphatic heterocycles. The van der Waals surface area contributed by atoms with Gasteiger partial charge in [0, 0.05) is 12.4 Å². The average Bonchev–Trinajstić information content (AvgIpc) is 3.26. The van der Waals surface area contributed by atoms with Crippen molar-refractivity contribution in [2.75, 3.05) is 10.7 Å². The number of carbonyl (C=O) groups excluding carboxylic acids is 2. The third-order valence-corrected chi connectivity index (χ3v) is 5.15. The van der Waals surface area contributed by atoms with Crippen LogP contribution in [0, 0.1) is 0 Å². The molecule has 0 bridgehead atoms. The number of aryl methyl sites for hydroxylation is 1. The summed E-state index contributed by atoms with van der Waals surface area (Å²) in [4.78, 5) is 35.4. The van der Waals surface area contributed by atoms with Gasteiger partial charge in [-0.15, -0.1) is 0 Å². The molecule has 0 radical (unpaired) electrons. The van der Waals surface area contributed by atoms with Gasteiger partial charge in [-0.2, -0.15) is 0 Å². The van der Waals surface area contributed by atoms with E-state index in [1.54, 1.807) is 42.7 Å². The molecule has 0 saturated carbocycles. The second kappa shape index (κ2) is 8.29. The normalized spacial score (nSPS) is 15.0. The van der Waals surface area contributed by atoms with Gasteiger partial charge in [0.05, 0.1) is 16.7 Å². The van der Waals surface area contributed by atoms with Crippen LogP contribution in [0.25, 0.3) is 6.08 Å². The second-order valence-corrected chi connectivity index (χ2v) is 7.17. The smallest absolute Gasteiger partial charge is 0.300 e. The topological polar surface area (TPSA) is 116 Å². The minimum absolute atomic E-state index is 0.109. The molecule has 9 nitrogen and oxygen atoms in total. The molecular formula is C20H15N5O4S. The van der Waals surface area contributed by atoms with Gasteiger partial charge in [0.25, 0.3) is 11.6 Å². The Bertz CT molecular complexity index is 1140. The number of para-hydroxylation sites is 1. The van der Waals surface area contributed by atoms with E-state index in [2.05, 4.69) is 19.8 Å². The number of aliphatic imine (C=N–C) groups is 1. The first-order valence-electron chi connectivity index (χ1n) is 8.83. The number of ketones is 1. The lowest BCUT2D eigenvalue weighted by molar-refractivity contribution is -0.741. The van der Waals surface area contributed by atoms with Gasteiger partial charge in [-0.05, 0) is 35.9 Å². The van der Waals surface area contributed by atoms with Gasteiger partial charge in [0.2, 0.25) is 5.78 Å². The number of aromatic nitrogens is 3. The first-order valence-corrected chi connectivity index (χ1v) is 9.82. The number of amides is 1. The predicted molar refractivity (Wildman–Crippen MR) is 107 cm³/mol. The Labute approximate surface area is 175 Å². The van der Waals surface area contributed by atoms with Crippen LogP contribution in [0.3, 0.4) is 0 Å². The van der Waals surface area contributed by atoms with Crippen LogP contribution in [0.2, 0.25) is 0 Å². The molecule has 4 rings (SSSR count). The summed E-state index contributed by atoms with van der Waals surface area (Å²) >= 11 is 1.06. The molecule has 150 valence electrons. The summed E-state index contributed by atoms with van der Waals surface area (Å²) in [6.45, 7) is 0. The SMILES string of the molecule is C[n+]1noc([O-])c1C(=O)CSC1=N/C(=C/c2ccncc2)C(=O)N1c1ccccc1. The Kier molecular flexibility index (Phi) is 5.40. The van der Waals surface area contributed by atoms with Gasteiger partial charge in [-0.25, -0.2) is 4.99 Å². The standard InChI is InChI=1S/C20H15N5O4S/c1-24-17(19(28)29-23-24)16(26)12-30-20-22-15(11-13-7-9-21-10-8-13)18(27)25(20)14-5-3-2-4-6-14/h2-11H,12H2,1H3/b15-11+. The lowest BCUT2D eigenvalue weighted by Gasteiger charge is -2.17. The van der Waals surface area contributed by atoms with Gasteiger partial charge >= 0.3 is 0 Å².